The van der Waals surface area contributed by atoms with Crippen LogP contribution in [-0.4, -0.2) is 23.3 Å². The largest absolute Gasteiger partial charge is 0.506 e. The molecule has 0 atom stereocenters. The van der Waals surface area contributed by atoms with Crippen molar-refractivity contribution in [2.24, 2.45) is 0 Å². The Bertz CT molecular complexity index is 1140. The van der Waals surface area contributed by atoms with Gasteiger partial charge in [0.05, 0.1) is 11.4 Å². The minimum Gasteiger partial charge on any atom is -0.506 e. The molecule has 0 bridgehead atoms. The van der Waals surface area contributed by atoms with Crippen LogP contribution in [0.5, 0.6) is 11.5 Å². The fraction of sp³-hybridized carbons (Fsp3) is 0.226. The minimum atomic E-state index is -0.326. The minimum absolute atomic E-state index is 0.242. The molecule has 0 aromatic heterocycles. The van der Waals surface area contributed by atoms with Crippen LogP contribution in [0.2, 0.25) is 0 Å². The quantitative estimate of drug-likeness (QED) is 0.196. The summed E-state index contributed by atoms with van der Waals surface area (Å²) in [5.74, 6) is 0.484. The smallest absolute Gasteiger partial charge is 0.138 e. The van der Waals surface area contributed by atoms with E-state index >= 15 is 0 Å². The fourth-order valence-corrected chi connectivity index (χ4v) is 4.27. The van der Waals surface area contributed by atoms with Crippen LogP contribution in [0.25, 0.3) is 0 Å². The fourth-order valence-electron chi connectivity index (χ4n) is 4.27. The molecule has 4 heteroatoms. The summed E-state index contributed by atoms with van der Waals surface area (Å²) in [5.41, 5.74) is 5.81. The lowest BCUT2D eigenvalue weighted by Crippen LogP contribution is -2.20. The van der Waals surface area contributed by atoms with Gasteiger partial charge in [0.2, 0.25) is 0 Å². The molecule has 0 radical (unpaired) electrons. The second-order valence-corrected chi connectivity index (χ2v) is 9.41. The zero-order valence-corrected chi connectivity index (χ0v) is 20.5. The van der Waals surface area contributed by atoms with Crippen LogP contribution in [0.3, 0.4) is 0 Å². The Hall–Kier alpha value is -3.92. The number of benzene rings is 4. The Morgan fingerprint density at radius 2 is 0.971 bits per heavy atom. The molecule has 0 aliphatic heterocycles. The lowest BCUT2D eigenvalue weighted by Gasteiger charge is -2.28. The standard InChI is InChI=1S/C31H34N2O2/c1-31(2,25-13-15-29(34)27(21-25)32-19-17-23-9-5-3-6-10-23)26-14-16-30(35)28(22-26)33-20-18-24-11-7-4-8-12-24/h3-16,21-22,32-35H,17-20H2,1-2H3. The molecule has 4 aromatic carbocycles. The number of phenols is 2. The maximum atomic E-state index is 10.4. The van der Waals surface area contributed by atoms with Gasteiger partial charge in [-0.05, 0) is 59.4 Å². The first-order valence-electron chi connectivity index (χ1n) is 12.2. The second kappa shape index (κ2) is 11.0. The molecule has 0 saturated heterocycles. The van der Waals surface area contributed by atoms with Gasteiger partial charge in [0.25, 0.3) is 0 Å². The molecule has 0 saturated carbocycles. The van der Waals surface area contributed by atoms with Gasteiger partial charge in [-0.25, -0.2) is 0 Å². The van der Waals surface area contributed by atoms with E-state index in [1.54, 1.807) is 12.1 Å². The third-order valence-corrected chi connectivity index (χ3v) is 6.58. The summed E-state index contributed by atoms with van der Waals surface area (Å²) in [6.45, 7) is 5.78. The van der Waals surface area contributed by atoms with E-state index in [0.717, 1.165) is 48.4 Å². The van der Waals surface area contributed by atoms with Gasteiger partial charge < -0.3 is 20.8 Å². The van der Waals surface area contributed by atoms with E-state index in [1.807, 2.05) is 60.7 Å². The molecule has 35 heavy (non-hydrogen) atoms. The summed E-state index contributed by atoms with van der Waals surface area (Å²) < 4.78 is 0. The van der Waals surface area contributed by atoms with Crippen molar-refractivity contribution in [2.45, 2.75) is 32.1 Å². The highest BCUT2D eigenvalue weighted by molar-refractivity contribution is 5.62. The number of nitrogens with one attached hydrogen (secondary N) is 2. The zero-order valence-electron chi connectivity index (χ0n) is 20.5. The van der Waals surface area contributed by atoms with Crippen molar-refractivity contribution in [1.82, 2.24) is 0 Å². The number of aromatic hydroxyl groups is 2. The SMILES string of the molecule is CC(C)(c1ccc(O)c(NCCc2ccccc2)c1)c1ccc(O)c(NCCc2ccccc2)c1. The van der Waals surface area contributed by atoms with E-state index in [-0.39, 0.29) is 16.9 Å². The van der Waals surface area contributed by atoms with Crippen LogP contribution in [0, 0.1) is 0 Å². The third-order valence-electron chi connectivity index (χ3n) is 6.58. The highest BCUT2D eigenvalue weighted by Crippen LogP contribution is 2.38. The van der Waals surface area contributed by atoms with Crippen molar-refractivity contribution < 1.29 is 10.2 Å². The highest BCUT2D eigenvalue weighted by Gasteiger charge is 2.25. The Morgan fingerprint density at radius 1 is 0.571 bits per heavy atom. The molecule has 4 nitrogen and oxygen atoms in total. The second-order valence-electron chi connectivity index (χ2n) is 9.41. The zero-order chi connectivity index (χ0) is 24.7. The van der Waals surface area contributed by atoms with E-state index < -0.39 is 0 Å². The maximum absolute atomic E-state index is 10.4. The van der Waals surface area contributed by atoms with Gasteiger partial charge in [-0.2, -0.15) is 0 Å². The molecule has 4 rings (SSSR count). The van der Waals surface area contributed by atoms with Crippen molar-refractivity contribution in [3.8, 4) is 11.5 Å². The van der Waals surface area contributed by atoms with Gasteiger partial charge >= 0.3 is 0 Å². The normalized spacial score (nSPS) is 11.3. The molecule has 0 unspecified atom stereocenters. The number of hydrogen-bond donors (Lipinski definition) is 4. The molecule has 0 amide bonds. The first-order valence-corrected chi connectivity index (χ1v) is 12.2. The summed E-state index contributed by atoms with van der Waals surface area (Å²) in [6.07, 6.45) is 1.76. The van der Waals surface area contributed by atoms with Crippen molar-refractivity contribution in [3.63, 3.8) is 0 Å². The van der Waals surface area contributed by atoms with E-state index in [0.29, 0.717) is 0 Å². The first kappa shape index (κ1) is 24.2. The predicted molar refractivity (Wildman–Crippen MR) is 146 cm³/mol. The molecule has 4 aromatic rings. The molecular weight excluding hydrogens is 432 g/mol. The van der Waals surface area contributed by atoms with E-state index in [9.17, 15) is 10.2 Å². The number of hydrogen-bond acceptors (Lipinski definition) is 4. The van der Waals surface area contributed by atoms with Crippen LogP contribution in [0.15, 0.2) is 97.1 Å². The molecule has 180 valence electrons. The molecular formula is C31H34N2O2. The van der Waals surface area contributed by atoms with Crippen LogP contribution >= 0.6 is 0 Å². The van der Waals surface area contributed by atoms with Gasteiger partial charge in [0, 0.05) is 18.5 Å². The van der Waals surface area contributed by atoms with Gasteiger partial charge in [-0.3, -0.25) is 0 Å². The topological polar surface area (TPSA) is 64.5 Å². The number of anilines is 2. The van der Waals surface area contributed by atoms with E-state index in [2.05, 4.69) is 48.7 Å². The summed E-state index contributed by atoms with van der Waals surface area (Å²) in [7, 11) is 0. The number of rotatable bonds is 10. The molecule has 0 heterocycles. The van der Waals surface area contributed by atoms with Crippen LogP contribution in [-0.2, 0) is 18.3 Å². The van der Waals surface area contributed by atoms with Crippen molar-refractivity contribution >= 4 is 11.4 Å². The average molecular weight is 467 g/mol. The van der Waals surface area contributed by atoms with Crippen molar-refractivity contribution in [2.75, 3.05) is 23.7 Å². The Balaban J connectivity index is 1.47. The molecule has 0 aliphatic rings. The van der Waals surface area contributed by atoms with Crippen molar-refractivity contribution in [1.29, 1.82) is 0 Å². The van der Waals surface area contributed by atoms with Crippen LogP contribution in [0.4, 0.5) is 11.4 Å². The molecule has 0 aliphatic carbocycles. The Morgan fingerprint density at radius 3 is 1.37 bits per heavy atom. The van der Waals surface area contributed by atoms with Crippen molar-refractivity contribution in [3.05, 3.63) is 119 Å². The molecule has 0 spiro atoms. The average Bonchev–Trinajstić information content (AvgIpc) is 2.87. The molecule has 4 N–H and O–H groups in total. The van der Waals surface area contributed by atoms with Gasteiger partial charge in [0.1, 0.15) is 11.5 Å². The lowest BCUT2D eigenvalue weighted by molar-refractivity contribution is 0.476. The Labute approximate surface area is 208 Å². The summed E-state index contributed by atoms with van der Waals surface area (Å²) in [5, 5.41) is 27.6. The molecule has 0 fully saturated rings. The van der Waals surface area contributed by atoms with Gasteiger partial charge in [-0.15, -0.1) is 0 Å². The van der Waals surface area contributed by atoms with Gasteiger partial charge in [0.15, 0.2) is 0 Å². The highest BCUT2D eigenvalue weighted by atomic mass is 16.3. The van der Waals surface area contributed by atoms with Crippen LogP contribution < -0.4 is 10.6 Å². The summed E-state index contributed by atoms with van der Waals surface area (Å²) >= 11 is 0. The van der Waals surface area contributed by atoms with E-state index in [4.69, 9.17) is 0 Å². The summed E-state index contributed by atoms with van der Waals surface area (Å²) in [6, 6.07) is 32.1. The predicted octanol–water partition coefficient (Wildman–Crippen LogP) is 6.73. The van der Waals surface area contributed by atoms with Crippen LogP contribution in [0.1, 0.15) is 36.1 Å². The Kier molecular flexibility index (Phi) is 7.61. The first-order chi connectivity index (χ1) is 16.9. The summed E-state index contributed by atoms with van der Waals surface area (Å²) in [4.78, 5) is 0. The number of phenolic OH excluding ortho intramolecular Hbond substituents is 2. The maximum Gasteiger partial charge on any atom is 0.138 e. The van der Waals surface area contributed by atoms with Gasteiger partial charge in [-0.1, -0.05) is 86.6 Å². The van der Waals surface area contributed by atoms with E-state index in [1.165, 1.54) is 11.1 Å². The monoisotopic (exact) mass is 466 g/mol. The lowest BCUT2D eigenvalue weighted by atomic mass is 9.77. The third kappa shape index (κ3) is 6.15.